The molecule has 0 aromatic heterocycles. The average Bonchev–Trinajstić information content (AvgIpc) is 3.04. The second kappa shape index (κ2) is 12.1. The van der Waals surface area contributed by atoms with Crippen molar-refractivity contribution in [2.75, 3.05) is 0 Å². The third kappa shape index (κ3) is 6.06. The van der Waals surface area contributed by atoms with E-state index in [9.17, 15) is 4.79 Å². The van der Waals surface area contributed by atoms with E-state index < -0.39 is 0 Å². The minimum Gasteiger partial charge on any atom is -0.289 e. The highest BCUT2D eigenvalue weighted by atomic mass is 16.1. The van der Waals surface area contributed by atoms with Crippen molar-refractivity contribution in [2.24, 2.45) is 0 Å². The maximum Gasteiger partial charge on any atom is 0.194 e. The van der Waals surface area contributed by atoms with Crippen LogP contribution in [-0.2, 0) is 12.8 Å². The lowest BCUT2D eigenvalue weighted by Gasteiger charge is -2.07. The summed E-state index contributed by atoms with van der Waals surface area (Å²) in [6, 6.07) is 13.1. The summed E-state index contributed by atoms with van der Waals surface area (Å²) in [5.41, 5.74) is 6.89. The van der Waals surface area contributed by atoms with Crippen LogP contribution in [0.2, 0.25) is 0 Å². The summed E-state index contributed by atoms with van der Waals surface area (Å²) >= 11 is 0. The highest BCUT2D eigenvalue weighted by molar-refractivity contribution is 6.21. The van der Waals surface area contributed by atoms with E-state index in [1.165, 1.54) is 99.3 Å². The van der Waals surface area contributed by atoms with Gasteiger partial charge in [-0.05, 0) is 47.9 Å². The predicted octanol–water partition coefficient (Wildman–Crippen LogP) is 8.70. The molecule has 0 heterocycles. The lowest BCUT2D eigenvalue weighted by atomic mass is 9.97. The maximum absolute atomic E-state index is 12.8. The average molecular weight is 405 g/mol. The normalized spacial score (nSPS) is 12.3. The van der Waals surface area contributed by atoms with Crippen molar-refractivity contribution in [1.82, 2.24) is 0 Å². The minimum atomic E-state index is 0.206. The molecule has 1 aliphatic rings. The van der Waals surface area contributed by atoms with Gasteiger partial charge >= 0.3 is 0 Å². The molecule has 0 radical (unpaired) electrons. The highest BCUT2D eigenvalue weighted by Crippen LogP contribution is 2.38. The zero-order valence-electron chi connectivity index (χ0n) is 19.3. The number of aryl methyl sites for hydroxylation is 2. The molecular weight excluding hydrogens is 364 g/mol. The first-order valence-corrected chi connectivity index (χ1v) is 12.6. The van der Waals surface area contributed by atoms with Gasteiger partial charge in [-0.15, -0.1) is 0 Å². The molecule has 30 heavy (non-hydrogen) atoms. The van der Waals surface area contributed by atoms with E-state index in [1.54, 1.807) is 0 Å². The number of rotatable bonds is 14. The number of hydrogen-bond acceptors (Lipinski definition) is 1. The molecule has 0 saturated heterocycles. The molecule has 0 amide bonds. The molecule has 162 valence electrons. The van der Waals surface area contributed by atoms with Crippen LogP contribution < -0.4 is 0 Å². The number of carbonyl (C=O) groups is 1. The largest absolute Gasteiger partial charge is 0.289 e. The summed E-state index contributed by atoms with van der Waals surface area (Å²) in [6.07, 6.45) is 18.1. The highest BCUT2D eigenvalue weighted by Gasteiger charge is 2.26. The van der Waals surface area contributed by atoms with E-state index in [4.69, 9.17) is 0 Å². The van der Waals surface area contributed by atoms with Gasteiger partial charge in [0.25, 0.3) is 0 Å². The van der Waals surface area contributed by atoms with Crippen molar-refractivity contribution in [1.29, 1.82) is 0 Å². The van der Waals surface area contributed by atoms with E-state index in [0.29, 0.717) is 0 Å². The van der Waals surface area contributed by atoms with Crippen LogP contribution in [0.5, 0.6) is 0 Å². The maximum atomic E-state index is 12.8. The van der Waals surface area contributed by atoms with Crippen molar-refractivity contribution in [2.45, 2.75) is 104 Å². The quantitative estimate of drug-likeness (QED) is 0.245. The van der Waals surface area contributed by atoms with Crippen LogP contribution in [0.1, 0.15) is 118 Å². The molecule has 0 aliphatic heterocycles. The number of hydrogen-bond donors (Lipinski definition) is 0. The van der Waals surface area contributed by atoms with Gasteiger partial charge in [0.15, 0.2) is 5.78 Å². The zero-order valence-corrected chi connectivity index (χ0v) is 19.3. The first kappa shape index (κ1) is 22.8. The molecule has 1 nitrogen and oxygen atoms in total. The van der Waals surface area contributed by atoms with E-state index in [0.717, 1.165) is 24.0 Å². The van der Waals surface area contributed by atoms with Crippen molar-refractivity contribution in [3.8, 4) is 11.1 Å². The summed E-state index contributed by atoms with van der Waals surface area (Å²) in [5, 5.41) is 0. The topological polar surface area (TPSA) is 17.1 Å². The lowest BCUT2D eigenvalue weighted by molar-refractivity contribution is 0.104. The standard InChI is InChI=1S/C29H40O/c1-3-5-7-9-11-13-15-23-17-19-25-27(21-23)28-22-24(18-20-26(28)29(25)30)16-14-12-10-8-6-4-2/h17-22H,3-16H2,1-2H3. The lowest BCUT2D eigenvalue weighted by Crippen LogP contribution is -1.96. The van der Waals surface area contributed by atoms with E-state index in [1.807, 2.05) is 0 Å². The van der Waals surface area contributed by atoms with Crippen molar-refractivity contribution >= 4 is 5.78 Å². The van der Waals surface area contributed by atoms with E-state index >= 15 is 0 Å². The fourth-order valence-electron chi connectivity index (χ4n) is 4.70. The summed E-state index contributed by atoms with van der Waals surface area (Å²) in [4.78, 5) is 12.8. The van der Waals surface area contributed by atoms with Gasteiger partial charge in [-0.1, -0.05) is 114 Å². The summed E-state index contributed by atoms with van der Waals surface area (Å²) in [7, 11) is 0. The van der Waals surface area contributed by atoms with Gasteiger partial charge in [-0.2, -0.15) is 0 Å². The molecule has 1 aliphatic carbocycles. The second-order valence-corrected chi connectivity index (χ2v) is 9.12. The van der Waals surface area contributed by atoms with Crippen LogP contribution in [0, 0.1) is 0 Å². The Balaban J connectivity index is 1.60. The molecule has 0 fully saturated rings. The molecule has 0 bridgehead atoms. The monoisotopic (exact) mass is 404 g/mol. The van der Waals surface area contributed by atoms with Gasteiger partial charge in [-0.25, -0.2) is 0 Å². The number of unbranched alkanes of at least 4 members (excludes halogenated alkanes) is 10. The predicted molar refractivity (Wildman–Crippen MR) is 129 cm³/mol. The van der Waals surface area contributed by atoms with Crippen LogP contribution in [0.25, 0.3) is 11.1 Å². The van der Waals surface area contributed by atoms with Crippen molar-refractivity contribution < 1.29 is 4.79 Å². The summed E-state index contributed by atoms with van der Waals surface area (Å²) in [5.74, 6) is 0.206. The van der Waals surface area contributed by atoms with E-state index in [-0.39, 0.29) is 5.78 Å². The van der Waals surface area contributed by atoms with Crippen LogP contribution in [-0.4, -0.2) is 5.78 Å². The van der Waals surface area contributed by atoms with Gasteiger partial charge in [-0.3, -0.25) is 4.79 Å². The fourth-order valence-corrected chi connectivity index (χ4v) is 4.70. The Morgan fingerprint density at radius 1 is 0.500 bits per heavy atom. The van der Waals surface area contributed by atoms with Crippen LogP contribution in [0.3, 0.4) is 0 Å². The number of fused-ring (bicyclic) bond motifs is 3. The van der Waals surface area contributed by atoms with E-state index in [2.05, 4.69) is 50.2 Å². The third-order valence-corrected chi connectivity index (χ3v) is 6.59. The van der Waals surface area contributed by atoms with Crippen LogP contribution in [0.15, 0.2) is 36.4 Å². The molecular formula is C29H40O. The molecule has 0 saturated carbocycles. The molecule has 2 aromatic carbocycles. The van der Waals surface area contributed by atoms with Crippen LogP contribution >= 0.6 is 0 Å². The zero-order chi connectivity index (χ0) is 21.2. The first-order valence-electron chi connectivity index (χ1n) is 12.6. The first-order chi connectivity index (χ1) is 14.7. The Kier molecular flexibility index (Phi) is 9.18. The van der Waals surface area contributed by atoms with Gasteiger partial charge in [0, 0.05) is 11.1 Å². The molecule has 0 spiro atoms. The summed E-state index contributed by atoms with van der Waals surface area (Å²) < 4.78 is 0. The Morgan fingerprint density at radius 3 is 1.33 bits per heavy atom. The number of ketones is 1. The number of carbonyl (C=O) groups excluding carboxylic acids is 1. The molecule has 3 rings (SSSR count). The van der Waals surface area contributed by atoms with Gasteiger partial charge in [0.2, 0.25) is 0 Å². The second-order valence-electron chi connectivity index (χ2n) is 9.12. The summed E-state index contributed by atoms with van der Waals surface area (Å²) in [6.45, 7) is 4.53. The minimum absolute atomic E-state index is 0.206. The molecule has 0 N–H and O–H groups in total. The molecule has 0 atom stereocenters. The SMILES string of the molecule is CCCCCCCCc1ccc2c(c1)-c1cc(CCCCCCCC)ccc1C2=O. The fraction of sp³-hybridized carbons (Fsp3) is 0.552. The van der Waals surface area contributed by atoms with Gasteiger partial charge in [0.1, 0.15) is 0 Å². The molecule has 1 heteroatoms. The Labute approximate surface area is 184 Å². The van der Waals surface area contributed by atoms with Crippen molar-refractivity contribution in [3.63, 3.8) is 0 Å². The van der Waals surface area contributed by atoms with Gasteiger partial charge in [0.05, 0.1) is 0 Å². The Hall–Kier alpha value is -1.89. The smallest absolute Gasteiger partial charge is 0.194 e. The third-order valence-electron chi connectivity index (χ3n) is 6.59. The van der Waals surface area contributed by atoms with Crippen LogP contribution in [0.4, 0.5) is 0 Å². The Bertz CT molecular complexity index is 750. The van der Waals surface area contributed by atoms with Gasteiger partial charge < -0.3 is 0 Å². The number of benzene rings is 2. The molecule has 2 aromatic rings. The Morgan fingerprint density at radius 2 is 0.900 bits per heavy atom. The molecule has 0 unspecified atom stereocenters. The van der Waals surface area contributed by atoms with Crippen molar-refractivity contribution in [3.05, 3.63) is 58.7 Å².